The van der Waals surface area contributed by atoms with Gasteiger partial charge < -0.3 is 9.80 Å². The zero-order valence-corrected chi connectivity index (χ0v) is 12.1. The minimum absolute atomic E-state index is 0.490. The molecule has 0 bridgehead atoms. The lowest BCUT2D eigenvalue weighted by molar-refractivity contribution is 0.220. The molecule has 1 aliphatic rings. The number of aromatic nitrogens is 1. The van der Waals surface area contributed by atoms with Gasteiger partial charge >= 0.3 is 0 Å². The molecule has 102 valence electrons. The minimum Gasteiger partial charge on any atom is -0.355 e. The first-order valence-electron chi connectivity index (χ1n) is 6.98. The molecule has 0 aromatic carbocycles. The van der Waals surface area contributed by atoms with Crippen LogP contribution in [0, 0.1) is 18.3 Å². The molecule has 0 atom stereocenters. The third-order valence-electron chi connectivity index (χ3n) is 4.14. The molecule has 0 amide bonds. The molecule has 4 heteroatoms. The first kappa shape index (κ1) is 13.8. The number of rotatable bonds is 3. The van der Waals surface area contributed by atoms with Crippen LogP contribution in [-0.4, -0.2) is 42.6 Å². The molecule has 0 spiro atoms. The van der Waals surface area contributed by atoms with E-state index in [1.807, 2.05) is 13.0 Å². The summed E-state index contributed by atoms with van der Waals surface area (Å²) in [4.78, 5) is 9.08. The van der Waals surface area contributed by atoms with E-state index in [2.05, 4.69) is 34.8 Å². The number of likely N-dealkylation sites (tertiary alicyclic amines) is 1. The number of nitrogens with zero attached hydrogens (tertiary/aromatic N) is 4. The van der Waals surface area contributed by atoms with Crippen LogP contribution in [0.25, 0.3) is 0 Å². The molecular formula is C15H22N4. The van der Waals surface area contributed by atoms with Crippen LogP contribution in [0.5, 0.6) is 0 Å². The minimum atomic E-state index is 0.490. The molecule has 4 nitrogen and oxygen atoms in total. The number of nitriles is 1. The molecule has 2 heterocycles. The van der Waals surface area contributed by atoms with Gasteiger partial charge in [-0.05, 0) is 37.9 Å². The fourth-order valence-electron chi connectivity index (χ4n) is 2.75. The van der Waals surface area contributed by atoms with Crippen LogP contribution in [0.2, 0.25) is 0 Å². The summed E-state index contributed by atoms with van der Waals surface area (Å²) in [6, 6.07) is 4.68. The Kier molecular flexibility index (Phi) is 4.39. The summed E-state index contributed by atoms with van der Waals surface area (Å²) in [5.41, 5.74) is 1.72. The maximum atomic E-state index is 9.30. The number of piperidine rings is 1. The summed E-state index contributed by atoms with van der Waals surface area (Å²) in [7, 11) is 2.06. The Hall–Kier alpha value is -1.60. The lowest BCUT2D eigenvalue weighted by Gasteiger charge is -2.37. The van der Waals surface area contributed by atoms with Crippen LogP contribution in [0.4, 0.5) is 5.82 Å². The molecule has 0 N–H and O–H groups in total. The molecule has 1 aromatic rings. The number of anilines is 1. The summed E-state index contributed by atoms with van der Waals surface area (Å²) in [5, 5.41) is 9.30. The third kappa shape index (κ3) is 2.87. The zero-order valence-electron chi connectivity index (χ0n) is 12.1. The van der Waals surface area contributed by atoms with Crippen molar-refractivity contribution in [2.45, 2.75) is 32.7 Å². The van der Waals surface area contributed by atoms with Crippen molar-refractivity contribution >= 4 is 5.82 Å². The fraction of sp³-hybridized carbons (Fsp3) is 0.600. The summed E-state index contributed by atoms with van der Waals surface area (Å²) >= 11 is 0. The predicted octanol–water partition coefficient (Wildman–Crippen LogP) is 2.18. The number of aryl methyl sites for hydroxylation is 1. The Balaban J connectivity index is 2.15. The van der Waals surface area contributed by atoms with E-state index in [9.17, 15) is 5.26 Å². The van der Waals surface area contributed by atoms with E-state index in [4.69, 9.17) is 0 Å². The molecule has 0 aliphatic carbocycles. The van der Waals surface area contributed by atoms with Crippen molar-refractivity contribution in [2.24, 2.45) is 0 Å². The maximum Gasteiger partial charge on any atom is 0.146 e. The normalized spacial score (nSPS) is 17.2. The van der Waals surface area contributed by atoms with Crippen molar-refractivity contribution in [2.75, 3.05) is 31.6 Å². The lowest BCUT2D eigenvalue weighted by atomic mass is 10.0. The van der Waals surface area contributed by atoms with Crippen molar-refractivity contribution in [3.8, 4) is 6.07 Å². The maximum absolute atomic E-state index is 9.30. The zero-order chi connectivity index (χ0) is 13.8. The second kappa shape index (κ2) is 6.03. The molecule has 1 saturated heterocycles. The van der Waals surface area contributed by atoms with E-state index in [1.165, 1.54) is 0 Å². The molecule has 2 rings (SSSR count). The van der Waals surface area contributed by atoms with Gasteiger partial charge in [0.1, 0.15) is 11.9 Å². The van der Waals surface area contributed by atoms with E-state index in [0.29, 0.717) is 11.6 Å². The van der Waals surface area contributed by atoms with Gasteiger partial charge in [0.2, 0.25) is 0 Å². The van der Waals surface area contributed by atoms with Crippen molar-refractivity contribution in [3.05, 3.63) is 23.4 Å². The predicted molar refractivity (Wildman–Crippen MR) is 77.2 cm³/mol. The molecule has 0 saturated carbocycles. The van der Waals surface area contributed by atoms with Crippen LogP contribution < -0.4 is 4.90 Å². The Morgan fingerprint density at radius 2 is 2.16 bits per heavy atom. The molecule has 1 fully saturated rings. The average molecular weight is 258 g/mol. The number of pyridine rings is 1. The number of hydrogen-bond acceptors (Lipinski definition) is 4. The van der Waals surface area contributed by atoms with Gasteiger partial charge in [-0.2, -0.15) is 5.26 Å². The smallest absolute Gasteiger partial charge is 0.146 e. The van der Waals surface area contributed by atoms with Gasteiger partial charge in [0.15, 0.2) is 0 Å². The standard InChI is InChI=1S/C15H22N4/c1-4-19-9-6-13(7-10-19)18(3)15-14(11-16)12(2)5-8-17-15/h5,8,13H,4,6-7,9-10H2,1-3H3. The second-order valence-corrected chi connectivity index (χ2v) is 5.21. The van der Waals surface area contributed by atoms with Crippen LogP contribution in [0.3, 0.4) is 0 Å². The summed E-state index contributed by atoms with van der Waals surface area (Å²) < 4.78 is 0. The summed E-state index contributed by atoms with van der Waals surface area (Å²) in [5.74, 6) is 0.831. The average Bonchev–Trinajstić information content (AvgIpc) is 2.46. The highest BCUT2D eigenvalue weighted by atomic mass is 15.2. The molecule has 1 aromatic heterocycles. The first-order chi connectivity index (χ1) is 9.17. The third-order valence-corrected chi connectivity index (χ3v) is 4.14. The molecule has 1 aliphatic heterocycles. The van der Waals surface area contributed by atoms with E-state index in [1.54, 1.807) is 6.20 Å². The molecule has 19 heavy (non-hydrogen) atoms. The number of hydrogen-bond donors (Lipinski definition) is 0. The molecular weight excluding hydrogens is 236 g/mol. The van der Waals surface area contributed by atoms with Crippen molar-refractivity contribution < 1.29 is 0 Å². The van der Waals surface area contributed by atoms with Crippen LogP contribution in [0.15, 0.2) is 12.3 Å². The molecule has 0 radical (unpaired) electrons. The SMILES string of the molecule is CCN1CCC(N(C)c2nccc(C)c2C#N)CC1. The van der Waals surface area contributed by atoms with E-state index < -0.39 is 0 Å². The van der Waals surface area contributed by atoms with Crippen LogP contribution >= 0.6 is 0 Å². The molecule has 0 unspecified atom stereocenters. The van der Waals surface area contributed by atoms with Gasteiger partial charge in [0.25, 0.3) is 0 Å². The second-order valence-electron chi connectivity index (χ2n) is 5.21. The Morgan fingerprint density at radius 3 is 2.74 bits per heavy atom. The highest BCUT2D eigenvalue weighted by Gasteiger charge is 2.24. The first-order valence-corrected chi connectivity index (χ1v) is 6.98. The highest BCUT2D eigenvalue weighted by molar-refractivity contribution is 5.57. The van der Waals surface area contributed by atoms with Gasteiger partial charge in [-0.1, -0.05) is 6.92 Å². The van der Waals surface area contributed by atoms with Gasteiger partial charge in [-0.25, -0.2) is 4.98 Å². The van der Waals surface area contributed by atoms with Gasteiger partial charge in [-0.15, -0.1) is 0 Å². The fourth-order valence-corrected chi connectivity index (χ4v) is 2.75. The van der Waals surface area contributed by atoms with Crippen molar-refractivity contribution in [1.82, 2.24) is 9.88 Å². The Bertz CT molecular complexity index is 470. The quantitative estimate of drug-likeness (QED) is 0.833. The Labute approximate surface area is 115 Å². The summed E-state index contributed by atoms with van der Waals surface area (Å²) in [6.45, 7) is 7.58. The van der Waals surface area contributed by atoms with Crippen LogP contribution in [0.1, 0.15) is 30.9 Å². The summed E-state index contributed by atoms with van der Waals surface area (Å²) in [6.07, 6.45) is 4.08. The monoisotopic (exact) mass is 258 g/mol. The lowest BCUT2D eigenvalue weighted by Crippen LogP contribution is -2.43. The van der Waals surface area contributed by atoms with E-state index >= 15 is 0 Å². The Morgan fingerprint density at radius 1 is 1.47 bits per heavy atom. The largest absolute Gasteiger partial charge is 0.355 e. The van der Waals surface area contributed by atoms with Crippen LogP contribution in [-0.2, 0) is 0 Å². The van der Waals surface area contributed by atoms with Gasteiger partial charge in [-0.3, -0.25) is 0 Å². The van der Waals surface area contributed by atoms with Gasteiger partial charge in [0, 0.05) is 32.4 Å². The van der Waals surface area contributed by atoms with Crippen molar-refractivity contribution in [3.63, 3.8) is 0 Å². The topological polar surface area (TPSA) is 43.2 Å². The van der Waals surface area contributed by atoms with Crippen molar-refractivity contribution in [1.29, 1.82) is 5.26 Å². The highest BCUT2D eigenvalue weighted by Crippen LogP contribution is 2.24. The van der Waals surface area contributed by atoms with E-state index in [-0.39, 0.29) is 0 Å². The van der Waals surface area contributed by atoms with E-state index in [0.717, 1.165) is 43.9 Å². The van der Waals surface area contributed by atoms with Gasteiger partial charge in [0.05, 0.1) is 5.56 Å².